The van der Waals surface area contributed by atoms with Crippen LogP contribution in [0.5, 0.6) is 5.75 Å². The lowest BCUT2D eigenvalue weighted by Crippen LogP contribution is -2.12. The van der Waals surface area contributed by atoms with E-state index in [2.05, 4.69) is 0 Å². The summed E-state index contributed by atoms with van der Waals surface area (Å²) in [7, 11) is 0. The van der Waals surface area contributed by atoms with E-state index in [-0.39, 0.29) is 11.3 Å². The third-order valence-electron chi connectivity index (χ3n) is 5.83. The van der Waals surface area contributed by atoms with Crippen LogP contribution in [0.1, 0.15) is 15.9 Å². The minimum Gasteiger partial charge on any atom is -0.481 e. The number of aliphatic carboxylic acids is 1. The molecular weight excluding hydrogens is 477 g/mol. The molecule has 5 aromatic rings. The maximum Gasteiger partial charge on any atom is 0.341 e. The Balaban J connectivity index is 1.89. The number of carbonyl (C=O) groups is 2. The molecule has 0 spiro atoms. The number of carbonyl (C=O) groups excluding carboxylic acids is 1. The van der Waals surface area contributed by atoms with Crippen LogP contribution in [-0.2, 0) is 11.3 Å². The van der Waals surface area contributed by atoms with E-state index in [0.29, 0.717) is 39.2 Å². The summed E-state index contributed by atoms with van der Waals surface area (Å²) in [6, 6.07) is 12.6. The number of nitrogens with two attached hydrogens (primary N) is 1. The lowest BCUT2D eigenvalue weighted by atomic mass is 10.0. The predicted octanol–water partition coefficient (Wildman–Crippen LogP) is 5.08. The Bertz CT molecular complexity index is 1660. The molecule has 0 aliphatic rings. The van der Waals surface area contributed by atoms with Gasteiger partial charge in [0.15, 0.2) is 18.2 Å². The highest BCUT2D eigenvalue weighted by atomic mass is 19.2. The molecule has 7 nitrogen and oxygen atoms in total. The first kappa shape index (κ1) is 23.0. The molecule has 0 aliphatic heterocycles. The number of furan rings is 1. The second-order valence-electron chi connectivity index (χ2n) is 8.00. The van der Waals surface area contributed by atoms with Gasteiger partial charge in [0.25, 0.3) is 0 Å². The van der Waals surface area contributed by atoms with E-state index in [0.717, 1.165) is 6.07 Å². The monoisotopic (exact) mass is 494 g/mol. The van der Waals surface area contributed by atoms with E-state index in [1.54, 1.807) is 30.3 Å². The lowest BCUT2D eigenvalue weighted by Gasteiger charge is -2.12. The quantitative estimate of drug-likeness (QED) is 0.307. The fourth-order valence-electron chi connectivity index (χ4n) is 4.31. The Morgan fingerprint density at radius 2 is 1.75 bits per heavy atom. The maximum atomic E-state index is 14.6. The van der Waals surface area contributed by atoms with E-state index in [4.69, 9.17) is 14.9 Å². The van der Waals surface area contributed by atoms with Crippen LogP contribution in [0.2, 0.25) is 0 Å². The first-order valence-electron chi connectivity index (χ1n) is 10.7. The number of nitrogens with zero attached hydrogens (tertiary/aromatic N) is 1. The zero-order valence-corrected chi connectivity index (χ0v) is 18.4. The molecule has 5 rings (SSSR count). The van der Waals surface area contributed by atoms with Gasteiger partial charge in [-0.1, -0.05) is 6.07 Å². The zero-order valence-electron chi connectivity index (χ0n) is 18.4. The summed E-state index contributed by atoms with van der Waals surface area (Å²) in [5.41, 5.74) is 6.31. The Kier molecular flexibility index (Phi) is 5.63. The summed E-state index contributed by atoms with van der Waals surface area (Å²) < 4.78 is 55.8. The second-order valence-corrected chi connectivity index (χ2v) is 8.00. The van der Waals surface area contributed by atoms with E-state index in [1.807, 2.05) is 0 Å². The largest absolute Gasteiger partial charge is 0.481 e. The molecule has 0 atom stereocenters. The Labute approximate surface area is 201 Å². The van der Waals surface area contributed by atoms with Crippen LogP contribution in [0.25, 0.3) is 33.1 Å². The van der Waals surface area contributed by atoms with Crippen LogP contribution in [0.3, 0.4) is 0 Å². The number of rotatable bonds is 7. The van der Waals surface area contributed by atoms with Crippen LogP contribution in [0, 0.1) is 17.5 Å². The van der Waals surface area contributed by atoms with Crippen molar-refractivity contribution in [1.29, 1.82) is 0 Å². The van der Waals surface area contributed by atoms with Gasteiger partial charge in [-0.15, -0.1) is 0 Å². The topological polar surface area (TPSA) is 108 Å². The minimum absolute atomic E-state index is 0.0823. The van der Waals surface area contributed by atoms with Crippen molar-refractivity contribution in [3.8, 4) is 17.1 Å². The first-order valence-corrected chi connectivity index (χ1v) is 10.7. The summed E-state index contributed by atoms with van der Waals surface area (Å²) in [4.78, 5) is 23.6. The van der Waals surface area contributed by atoms with Crippen molar-refractivity contribution in [3.05, 3.63) is 89.4 Å². The fraction of sp³-hybridized carbons (Fsp3) is 0.0769. The van der Waals surface area contributed by atoms with Gasteiger partial charge in [0.2, 0.25) is 5.91 Å². The average Bonchev–Trinajstić information content (AvgIpc) is 3.49. The van der Waals surface area contributed by atoms with Crippen LogP contribution < -0.4 is 10.5 Å². The number of halogens is 3. The number of primary amides is 1. The molecule has 0 saturated carbocycles. The molecule has 0 unspecified atom stereocenters. The number of benzene rings is 3. The molecule has 0 aliphatic carbocycles. The molecular formula is C26H17F3N2O5. The molecule has 0 fully saturated rings. The van der Waals surface area contributed by atoms with E-state index in [9.17, 15) is 27.9 Å². The predicted molar refractivity (Wildman–Crippen MR) is 124 cm³/mol. The normalized spacial score (nSPS) is 11.3. The van der Waals surface area contributed by atoms with Crippen molar-refractivity contribution in [3.63, 3.8) is 0 Å². The van der Waals surface area contributed by atoms with E-state index >= 15 is 0 Å². The lowest BCUT2D eigenvalue weighted by molar-refractivity contribution is -0.139. The Morgan fingerprint density at radius 1 is 0.972 bits per heavy atom. The van der Waals surface area contributed by atoms with Gasteiger partial charge in [0, 0.05) is 22.1 Å². The second kappa shape index (κ2) is 8.81. The number of ether oxygens (including phenoxy) is 1. The minimum atomic E-state index is -1.35. The van der Waals surface area contributed by atoms with Crippen molar-refractivity contribution < 1.29 is 37.0 Å². The van der Waals surface area contributed by atoms with Crippen LogP contribution >= 0.6 is 0 Å². The van der Waals surface area contributed by atoms with Crippen LogP contribution in [-0.4, -0.2) is 28.2 Å². The van der Waals surface area contributed by atoms with E-state index < -0.39 is 48.0 Å². The summed E-state index contributed by atoms with van der Waals surface area (Å²) >= 11 is 0. The number of fused-ring (bicyclic) bond motifs is 3. The van der Waals surface area contributed by atoms with Gasteiger partial charge in [-0.2, -0.15) is 0 Å². The molecule has 0 bridgehead atoms. The highest BCUT2D eigenvalue weighted by molar-refractivity contribution is 6.20. The number of hydrogen-bond acceptors (Lipinski definition) is 4. The number of carboxylic acids is 1. The third kappa shape index (κ3) is 3.82. The van der Waals surface area contributed by atoms with Gasteiger partial charge in [0.1, 0.15) is 17.3 Å². The SMILES string of the molecule is NC(=O)c1cccc2c1c1c(OCC(=O)O)cc(-c3ccco3)cc1n2Cc1c(F)ccc(F)c1F. The molecule has 3 N–H and O–H groups in total. The Morgan fingerprint density at radius 3 is 2.44 bits per heavy atom. The summed E-state index contributed by atoms with van der Waals surface area (Å²) in [5.74, 6) is -5.05. The molecule has 0 radical (unpaired) electrons. The van der Waals surface area contributed by atoms with Crippen molar-refractivity contribution >= 4 is 33.7 Å². The summed E-state index contributed by atoms with van der Waals surface area (Å²) in [6.07, 6.45) is 1.44. The van der Waals surface area contributed by atoms with Crippen molar-refractivity contribution in [1.82, 2.24) is 4.57 Å². The average molecular weight is 494 g/mol. The summed E-state index contributed by atoms with van der Waals surface area (Å²) in [5, 5.41) is 9.80. The summed E-state index contributed by atoms with van der Waals surface area (Å²) in [6.45, 7) is -1.15. The van der Waals surface area contributed by atoms with Crippen LogP contribution in [0.4, 0.5) is 13.2 Å². The highest BCUT2D eigenvalue weighted by Gasteiger charge is 2.24. The Hall–Kier alpha value is -4.73. The van der Waals surface area contributed by atoms with Crippen molar-refractivity contribution in [2.75, 3.05) is 6.61 Å². The zero-order chi connectivity index (χ0) is 25.6. The van der Waals surface area contributed by atoms with Gasteiger partial charge in [-0.3, -0.25) is 4.79 Å². The number of carboxylic acid groups (broad SMARTS) is 1. The van der Waals surface area contributed by atoms with Gasteiger partial charge < -0.3 is 24.6 Å². The highest BCUT2D eigenvalue weighted by Crippen LogP contribution is 2.41. The molecule has 2 heterocycles. The molecule has 3 aromatic carbocycles. The molecule has 2 aromatic heterocycles. The van der Waals surface area contributed by atoms with Gasteiger partial charge in [-0.05, 0) is 48.5 Å². The van der Waals surface area contributed by atoms with Crippen molar-refractivity contribution in [2.45, 2.75) is 6.54 Å². The van der Waals surface area contributed by atoms with Crippen LogP contribution in [0.15, 0.2) is 65.3 Å². The fourth-order valence-corrected chi connectivity index (χ4v) is 4.31. The van der Waals surface area contributed by atoms with Gasteiger partial charge in [0.05, 0.1) is 29.2 Å². The number of amides is 1. The standard InChI is InChI=1S/C26H17F3N2O5/c27-16-6-7-17(28)25(29)15(16)11-31-18-4-1-3-14(26(30)34)23(18)24-19(31)9-13(20-5-2-8-35-20)10-21(24)36-12-22(32)33/h1-10H,11-12H2,(H2,30,34)(H,32,33). The third-order valence-corrected chi connectivity index (χ3v) is 5.83. The van der Waals surface area contributed by atoms with Gasteiger partial charge in [-0.25, -0.2) is 18.0 Å². The van der Waals surface area contributed by atoms with Gasteiger partial charge >= 0.3 is 5.97 Å². The molecule has 1 amide bonds. The number of aromatic nitrogens is 1. The number of hydrogen-bond donors (Lipinski definition) is 2. The molecule has 182 valence electrons. The van der Waals surface area contributed by atoms with E-state index in [1.165, 1.54) is 23.0 Å². The van der Waals surface area contributed by atoms with Crippen molar-refractivity contribution in [2.24, 2.45) is 5.73 Å². The molecule has 36 heavy (non-hydrogen) atoms. The first-order chi connectivity index (χ1) is 17.3. The molecule has 10 heteroatoms. The smallest absolute Gasteiger partial charge is 0.341 e. The maximum absolute atomic E-state index is 14.6. The molecule has 0 saturated heterocycles.